The number of aliphatic imine (C=N–C) groups is 1. The quantitative estimate of drug-likeness (QED) is 0.0820. The molecular formula is C39H40BrN3O6. The molecule has 1 aliphatic heterocycles. The first-order valence-corrected chi connectivity index (χ1v) is 17.2. The Labute approximate surface area is 294 Å². The van der Waals surface area contributed by atoms with Crippen molar-refractivity contribution in [3.8, 4) is 16.9 Å². The maximum absolute atomic E-state index is 14.7. The van der Waals surface area contributed by atoms with Crippen LogP contribution in [-0.2, 0) is 19.1 Å². The molecule has 0 radical (unpaired) electrons. The molecule has 1 heterocycles. The average molecular weight is 727 g/mol. The van der Waals surface area contributed by atoms with Crippen LogP contribution in [0.2, 0.25) is 0 Å². The van der Waals surface area contributed by atoms with Gasteiger partial charge in [-0.1, -0.05) is 76.6 Å². The zero-order valence-electron chi connectivity index (χ0n) is 27.7. The van der Waals surface area contributed by atoms with E-state index in [1.54, 1.807) is 12.1 Å². The van der Waals surface area contributed by atoms with Crippen molar-refractivity contribution in [2.75, 3.05) is 13.2 Å². The maximum Gasteiger partial charge on any atom is 0.306 e. The van der Waals surface area contributed by atoms with E-state index in [1.807, 2.05) is 93.6 Å². The summed E-state index contributed by atoms with van der Waals surface area (Å²) in [5, 5.41) is 9.10. The summed E-state index contributed by atoms with van der Waals surface area (Å²) in [6, 6.07) is 30.7. The molecule has 0 unspecified atom stereocenters. The van der Waals surface area contributed by atoms with Gasteiger partial charge < -0.3 is 19.3 Å². The summed E-state index contributed by atoms with van der Waals surface area (Å²) in [6.07, 6.45) is -0.374. The third-order valence-corrected chi connectivity index (χ3v) is 9.03. The second kappa shape index (κ2) is 14.5. The van der Waals surface area contributed by atoms with Crippen molar-refractivity contribution in [1.82, 2.24) is 10.9 Å². The molecule has 4 aromatic carbocycles. The Balaban J connectivity index is 1.36. The molecule has 0 saturated carbocycles. The third-order valence-electron chi connectivity index (χ3n) is 8.50. The summed E-state index contributed by atoms with van der Waals surface area (Å²) in [5.74, 6) is 0.0277. The van der Waals surface area contributed by atoms with E-state index in [0.29, 0.717) is 24.3 Å². The lowest BCUT2D eigenvalue weighted by molar-refractivity contribution is -0.155. The highest BCUT2D eigenvalue weighted by atomic mass is 79.9. The Kier molecular flexibility index (Phi) is 10.2. The van der Waals surface area contributed by atoms with Crippen LogP contribution in [0.3, 0.4) is 0 Å². The average Bonchev–Trinajstić information content (AvgIpc) is 3.63. The van der Waals surface area contributed by atoms with Crippen LogP contribution >= 0.6 is 15.9 Å². The number of amides is 1. The summed E-state index contributed by atoms with van der Waals surface area (Å²) in [4.78, 5) is 32.9. The number of fused-ring (bicyclic) bond motifs is 3. The van der Waals surface area contributed by atoms with E-state index in [4.69, 9.17) is 24.3 Å². The molecule has 6 rings (SSSR count). The molecule has 4 aromatic rings. The zero-order valence-corrected chi connectivity index (χ0v) is 29.3. The molecule has 10 heteroatoms. The van der Waals surface area contributed by atoms with Crippen molar-refractivity contribution in [3.05, 3.63) is 124 Å². The third kappa shape index (κ3) is 7.56. The van der Waals surface area contributed by atoms with E-state index in [0.717, 1.165) is 32.3 Å². The number of halogens is 1. The number of hydrogen-bond donors (Lipinski definition) is 3. The number of esters is 1. The molecule has 0 fully saturated rings. The van der Waals surface area contributed by atoms with Crippen LogP contribution in [0.15, 0.2) is 107 Å². The molecule has 2 atom stereocenters. The van der Waals surface area contributed by atoms with Crippen molar-refractivity contribution in [2.45, 2.75) is 63.3 Å². The highest BCUT2D eigenvalue weighted by Crippen LogP contribution is 2.45. The van der Waals surface area contributed by atoms with Crippen molar-refractivity contribution in [3.63, 3.8) is 0 Å². The number of benzene rings is 4. The minimum atomic E-state index is -1.54. The minimum absolute atomic E-state index is 0.0276. The Morgan fingerprint density at radius 3 is 2.16 bits per heavy atom. The van der Waals surface area contributed by atoms with Crippen LogP contribution in [-0.4, -0.2) is 47.2 Å². The number of hydrazine groups is 1. The van der Waals surface area contributed by atoms with Gasteiger partial charge in [0.05, 0.1) is 12.6 Å². The fourth-order valence-electron chi connectivity index (χ4n) is 6.25. The van der Waals surface area contributed by atoms with Gasteiger partial charge in [-0.15, -0.1) is 0 Å². The summed E-state index contributed by atoms with van der Waals surface area (Å²) < 4.78 is 18.8. The lowest BCUT2D eigenvalue weighted by Gasteiger charge is -2.31. The number of hydrogen-bond acceptors (Lipinski definition) is 8. The highest BCUT2D eigenvalue weighted by Gasteiger charge is 2.53. The smallest absolute Gasteiger partial charge is 0.306 e. The number of carbonyl (C=O) groups excluding carboxylic acids is 2. The number of rotatable bonds is 12. The molecule has 254 valence electrons. The normalized spacial score (nSPS) is 18.2. The first-order chi connectivity index (χ1) is 23.6. The van der Waals surface area contributed by atoms with Crippen LogP contribution in [0.25, 0.3) is 11.1 Å². The van der Waals surface area contributed by atoms with Crippen LogP contribution < -0.4 is 15.6 Å². The zero-order chi connectivity index (χ0) is 34.6. The van der Waals surface area contributed by atoms with Gasteiger partial charge in [-0.3, -0.25) is 15.0 Å². The Hall–Kier alpha value is -4.51. The summed E-state index contributed by atoms with van der Waals surface area (Å²) in [7, 11) is 0. The fraction of sp³-hybridized carbons (Fsp3) is 0.308. The minimum Gasteiger partial charge on any atom is -0.494 e. The lowest BCUT2D eigenvalue weighted by atomic mass is 9.83. The van der Waals surface area contributed by atoms with Gasteiger partial charge in [0.25, 0.3) is 5.91 Å². The van der Waals surface area contributed by atoms with Gasteiger partial charge >= 0.3 is 5.97 Å². The predicted octanol–water partition coefficient (Wildman–Crippen LogP) is 6.98. The van der Waals surface area contributed by atoms with E-state index in [2.05, 4.69) is 38.9 Å². The van der Waals surface area contributed by atoms with Crippen LogP contribution in [0.1, 0.15) is 74.4 Å². The van der Waals surface area contributed by atoms with Gasteiger partial charge in [0, 0.05) is 29.5 Å². The van der Waals surface area contributed by atoms with E-state index >= 15 is 0 Å². The second-order valence-electron chi connectivity index (χ2n) is 13.1. The molecule has 0 saturated heterocycles. The van der Waals surface area contributed by atoms with E-state index in [9.17, 15) is 9.59 Å². The van der Waals surface area contributed by atoms with Crippen molar-refractivity contribution in [1.29, 1.82) is 0 Å². The van der Waals surface area contributed by atoms with Gasteiger partial charge in [-0.25, -0.2) is 10.4 Å². The molecule has 3 N–H and O–H groups in total. The molecule has 2 aliphatic rings. The monoisotopic (exact) mass is 725 g/mol. The van der Waals surface area contributed by atoms with Crippen LogP contribution in [0.5, 0.6) is 5.75 Å². The molecule has 9 nitrogen and oxygen atoms in total. The molecule has 49 heavy (non-hydrogen) atoms. The molecule has 1 aliphatic carbocycles. The number of nitrogens with zero attached hydrogens (tertiary/aromatic N) is 1. The Morgan fingerprint density at radius 2 is 1.55 bits per heavy atom. The maximum atomic E-state index is 14.7. The van der Waals surface area contributed by atoms with Gasteiger partial charge in [0.2, 0.25) is 5.90 Å². The van der Waals surface area contributed by atoms with E-state index in [-0.39, 0.29) is 31.4 Å². The fourth-order valence-corrected chi connectivity index (χ4v) is 6.51. The van der Waals surface area contributed by atoms with E-state index < -0.39 is 29.1 Å². The van der Waals surface area contributed by atoms with Gasteiger partial charge in [-0.2, -0.15) is 0 Å². The Morgan fingerprint density at radius 1 is 0.918 bits per heavy atom. The lowest BCUT2D eigenvalue weighted by Crippen LogP contribution is -2.53. The highest BCUT2D eigenvalue weighted by molar-refractivity contribution is 9.10. The number of ether oxygens (including phenoxy) is 3. The van der Waals surface area contributed by atoms with Crippen molar-refractivity contribution in [2.24, 2.45) is 4.99 Å². The summed E-state index contributed by atoms with van der Waals surface area (Å²) in [5.41, 5.74) is 9.75. The molecule has 0 aromatic heterocycles. The molecule has 0 spiro atoms. The van der Waals surface area contributed by atoms with Gasteiger partial charge in [0.1, 0.15) is 11.4 Å². The Bertz CT molecular complexity index is 1790. The first kappa shape index (κ1) is 34.4. The number of nitrogens with one attached hydrogen (secondary N) is 2. The molecule has 0 bridgehead atoms. The SMILES string of the molecule is CC(C)(C)OC(=O)CC[C@]1(C(=O)NNC2c3ccccc3-c3ccccc32)N=C(c2ccc(OCCCO)cc2)O[C@H]1c1ccc(Br)cc1. The van der Waals surface area contributed by atoms with Crippen LogP contribution in [0.4, 0.5) is 0 Å². The molecule has 1 amide bonds. The molecular weight excluding hydrogens is 686 g/mol. The van der Waals surface area contributed by atoms with Crippen molar-refractivity contribution < 1.29 is 28.9 Å². The largest absolute Gasteiger partial charge is 0.494 e. The summed E-state index contributed by atoms with van der Waals surface area (Å²) >= 11 is 3.51. The first-order valence-electron chi connectivity index (χ1n) is 16.4. The van der Waals surface area contributed by atoms with Crippen molar-refractivity contribution >= 4 is 33.7 Å². The second-order valence-corrected chi connectivity index (χ2v) is 14.0. The summed E-state index contributed by atoms with van der Waals surface area (Å²) in [6.45, 7) is 5.86. The predicted molar refractivity (Wildman–Crippen MR) is 191 cm³/mol. The van der Waals surface area contributed by atoms with E-state index in [1.165, 1.54) is 0 Å². The van der Waals surface area contributed by atoms with Gasteiger partial charge in [-0.05, 0) is 91.4 Å². The number of aliphatic hydroxyl groups is 1. The number of aliphatic hydroxyl groups excluding tert-OH is 1. The van der Waals surface area contributed by atoms with Crippen LogP contribution in [0, 0.1) is 0 Å². The standard InChI is InChI=1S/C39H40BrN3O6/c1-38(2,3)49-33(45)21-22-39(37(46)43-42-34-31-11-6-4-9-29(31)30-10-5-7-12-32(30)34)35(25-13-17-27(40)18-14-25)48-36(41-39)26-15-19-28(20-16-26)47-24-8-23-44/h4-7,9-20,34-35,42,44H,8,21-24H2,1-3H3,(H,43,46)/t35-,39-/m0/s1. The topological polar surface area (TPSA) is 118 Å². The van der Waals surface area contributed by atoms with Gasteiger partial charge in [0.15, 0.2) is 11.6 Å². The number of carbonyl (C=O) groups is 2.